The van der Waals surface area contributed by atoms with Crippen LogP contribution in [0.3, 0.4) is 0 Å². The molecular formula is C9H11F3N2O2S. The van der Waals surface area contributed by atoms with Gasteiger partial charge in [0.25, 0.3) is 5.91 Å². The van der Waals surface area contributed by atoms with Crippen molar-refractivity contribution in [2.75, 3.05) is 19.7 Å². The Morgan fingerprint density at radius 2 is 2.24 bits per heavy atom. The number of hydrogen-bond donors (Lipinski definition) is 1. The lowest BCUT2D eigenvalue weighted by atomic mass is 10.4. The minimum atomic E-state index is -4.48. The Morgan fingerprint density at radius 3 is 2.65 bits per heavy atom. The van der Waals surface area contributed by atoms with Crippen LogP contribution < -0.4 is 0 Å². The number of hydrogen-bond acceptors (Lipinski definition) is 4. The molecule has 1 aromatic heterocycles. The number of thiazole rings is 1. The number of rotatable bonds is 4. The number of alkyl halides is 3. The van der Waals surface area contributed by atoms with Crippen LogP contribution in [0.4, 0.5) is 13.2 Å². The van der Waals surface area contributed by atoms with Gasteiger partial charge >= 0.3 is 6.18 Å². The number of carbonyl (C=O) groups is 1. The number of halogens is 3. The molecule has 1 rings (SSSR count). The van der Waals surface area contributed by atoms with E-state index in [4.69, 9.17) is 5.11 Å². The molecule has 0 radical (unpaired) electrons. The molecular weight excluding hydrogens is 257 g/mol. The van der Waals surface area contributed by atoms with Gasteiger partial charge in [-0.3, -0.25) is 4.79 Å². The Morgan fingerprint density at radius 1 is 1.59 bits per heavy atom. The molecule has 96 valence electrons. The highest BCUT2D eigenvalue weighted by Gasteiger charge is 2.33. The van der Waals surface area contributed by atoms with Gasteiger partial charge in [0, 0.05) is 6.54 Å². The summed E-state index contributed by atoms with van der Waals surface area (Å²) < 4.78 is 36.7. The Bertz CT molecular complexity index is 392. The number of amides is 1. The predicted molar refractivity (Wildman–Crippen MR) is 55.9 cm³/mol. The van der Waals surface area contributed by atoms with Crippen molar-refractivity contribution in [3.63, 3.8) is 0 Å². The minimum Gasteiger partial charge on any atom is -0.395 e. The lowest BCUT2D eigenvalue weighted by Gasteiger charge is -2.22. The van der Waals surface area contributed by atoms with Crippen molar-refractivity contribution in [1.29, 1.82) is 0 Å². The van der Waals surface area contributed by atoms with Gasteiger partial charge in [-0.05, 0) is 6.92 Å². The van der Waals surface area contributed by atoms with Crippen LogP contribution >= 0.6 is 11.3 Å². The maximum atomic E-state index is 12.2. The van der Waals surface area contributed by atoms with Crippen LogP contribution in [-0.4, -0.2) is 46.8 Å². The summed E-state index contributed by atoms with van der Waals surface area (Å²) in [6.45, 7) is -0.584. The zero-order chi connectivity index (χ0) is 13.1. The van der Waals surface area contributed by atoms with Gasteiger partial charge in [-0.1, -0.05) is 0 Å². The average Bonchev–Trinajstić information content (AvgIpc) is 2.61. The zero-order valence-corrected chi connectivity index (χ0v) is 9.81. The van der Waals surface area contributed by atoms with Crippen molar-refractivity contribution in [3.05, 3.63) is 16.1 Å². The average molecular weight is 268 g/mol. The molecule has 0 saturated carbocycles. The van der Waals surface area contributed by atoms with Crippen LogP contribution in [0.2, 0.25) is 0 Å². The number of nitrogens with zero attached hydrogens (tertiary/aromatic N) is 2. The minimum absolute atomic E-state index is 0.139. The van der Waals surface area contributed by atoms with Crippen LogP contribution in [0.15, 0.2) is 6.20 Å². The van der Waals surface area contributed by atoms with Crippen molar-refractivity contribution in [2.24, 2.45) is 0 Å². The zero-order valence-electron chi connectivity index (χ0n) is 8.99. The van der Waals surface area contributed by atoms with E-state index in [2.05, 4.69) is 4.98 Å². The first-order valence-electron chi connectivity index (χ1n) is 4.73. The third-order valence-corrected chi connectivity index (χ3v) is 2.76. The van der Waals surface area contributed by atoms with E-state index in [1.54, 1.807) is 6.92 Å². The summed E-state index contributed by atoms with van der Waals surface area (Å²) in [5.74, 6) is -0.762. The fraction of sp³-hybridized carbons (Fsp3) is 0.556. The largest absolute Gasteiger partial charge is 0.406 e. The van der Waals surface area contributed by atoms with E-state index in [9.17, 15) is 18.0 Å². The van der Waals surface area contributed by atoms with E-state index in [0.29, 0.717) is 9.91 Å². The van der Waals surface area contributed by atoms with Crippen molar-refractivity contribution < 1.29 is 23.1 Å². The molecule has 1 N–H and O–H groups in total. The van der Waals surface area contributed by atoms with Gasteiger partial charge in [0.2, 0.25) is 0 Å². The quantitative estimate of drug-likeness (QED) is 0.899. The van der Waals surface area contributed by atoms with Crippen LogP contribution in [0.5, 0.6) is 0 Å². The molecule has 0 atom stereocenters. The second kappa shape index (κ2) is 5.46. The third kappa shape index (κ3) is 4.31. The van der Waals surface area contributed by atoms with E-state index in [0.717, 1.165) is 11.3 Å². The highest BCUT2D eigenvalue weighted by Crippen LogP contribution is 2.20. The van der Waals surface area contributed by atoms with Crippen LogP contribution in [0.1, 0.15) is 14.7 Å². The van der Waals surface area contributed by atoms with Crippen molar-refractivity contribution in [2.45, 2.75) is 13.1 Å². The van der Waals surface area contributed by atoms with Crippen molar-refractivity contribution in [3.8, 4) is 0 Å². The van der Waals surface area contributed by atoms with Crippen molar-refractivity contribution in [1.82, 2.24) is 9.88 Å². The predicted octanol–water partition coefficient (Wildman–Crippen LogP) is 1.45. The first kappa shape index (κ1) is 13.9. The summed E-state index contributed by atoms with van der Waals surface area (Å²) >= 11 is 1.02. The number of aliphatic hydroxyl groups excluding tert-OH is 1. The topological polar surface area (TPSA) is 53.4 Å². The fourth-order valence-corrected chi connectivity index (χ4v) is 1.95. The summed E-state index contributed by atoms with van der Waals surface area (Å²) in [5.41, 5.74) is 0. The summed E-state index contributed by atoms with van der Waals surface area (Å²) in [4.78, 5) is 16.2. The summed E-state index contributed by atoms with van der Waals surface area (Å²) in [6.07, 6.45) is -3.24. The second-order valence-corrected chi connectivity index (χ2v) is 4.54. The molecule has 0 fully saturated rings. The number of aryl methyl sites for hydroxylation is 1. The fourth-order valence-electron chi connectivity index (χ4n) is 1.21. The van der Waals surface area contributed by atoms with Gasteiger partial charge < -0.3 is 10.0 Å². The summed E-state index contributed by atoms with van der Waals surface area (Å²) in [6, 6.07) is 0. The first-order chi connectivity index (χ1) is 7.83. The normalized spacial score (nSPS) is 11.6. The smallest absolute Gasteiger partial charge is 0.395 e. The van der Waals surface area contributed by atoms with Crippen LogP contribution in [0, 0.1) is 6.92 Å². The Kier molecular flexibility index (Phi) is 4.47. The number of aromatic nitrogens is 1. The molecule has 0 bridgehead atoms. The number of aliphatic hydroxyl groups is 1. The molecule has 0 spiro atoms. The molecule has 0 aliphatic carbocycles. The molecule has 1 amide bonds. The second-order valence-electron chi connectivity index (χ2n) is 3.31. The molecule has 0 saturated heterocycles. The van der Waals surface area contributed by atoms with Crippen LogP contribution in [-0.2, 0) is 0 Å². The van der Waals surface area contributed by atoms with Crippen LogP contribution in [0.25, 0.3) is 0 Å². The monoisotopic (exact) mass is 268 g/mol. The Labute approximate surface area is 99.7 Å². The van der Waals surface area contributed by atoms with E-state index in [1.165, 1.54) is 6.20 Å². The van der Waals surface area contributed by atoms with Gasteiger partial charge in [0.1, 0.15) is 11.4 Å². The SMILES string of the molecule is Cc1ncc(C(=O)N(CCO)CC(F)(F)F)s1. The molecule has 8 heteroatoms. The highest BCUT2D eigenvalue weighted by atomic mass is 32.1. The Balaban J connectivity index is 2.80. The molecule has 17 heavy (non-hydrogen) atoms. The lowest BCUT2D eigenvalue weighted by molar-refractivity contribution is -0.141. The Hall–Kier alpha value is -1.15. The van der Waals surface area contributed by atoms with Gasteiger partial charge in [0.05, 0.1) is 17.8 Å². The van der Waals surface area contributed by atoms with E-state index < -0.39 is 25.2 Å². The van der Waals surface area contributed by atoms with Gasteiger partial charge in [-0.2, -0.15) is 13.2 Å². The van der Waals surface area contributed by atoms with Gasteiger partial charge in [0.15, 0.2) is 0 Å². The summed E-state index contributed by atoms with van der Waals surface area (Å²) in [5, 5.41) is 9.26. The molecule has 0 aliphatic heterocycles. The standard InChI is InChI=1S/C9H11F3N2O2S/c1-6-13-4-7(17-6)8(16)14(2-3-15)5-9(10,11)12/h4,15H,2-3,5H2,1H3. The molecule has 0 aliphatic rings. The maximum absolute atomic E-state index is 12.2. The highest BCUT2D eigenvalue weighted by molar-refractivity contribution is 7.13. The molecule has 0 unspecified atom stereocenters. The molecule has 1 heterocycles. The lowest BCUT2D eigenvalue weighted by Crippen LogP contribution is -2.40. The number of carbonyl (C=O) groups excluding carboxylic acids is 1. The summed E-state index contributed by atoms with van der Waals surface area (Å²) in [7, 11) is 0. The molecule has 0 aromatic carbocycles. The van der Waals surface area contributed by atoms with E-state index in [1.807, 2.05) is 0 Å². The maximum Gasteiger partial charge on any atom is 0.406 e. The van der Waals surface area contributed by atoms with Crippen molar-refractivity contribution >= 4 is 17.2 Å². The van der Waals surface area contributed by atoms with E-state index >= 15 is 0 Å². The van der Waals surface area contributed by atoms with Gasteiger partial charge in [-0.25, -0.2) is 4.98 Å². The van der Waals surface area contributed by atoms with E-state index in [-0.39, 0.29) is 11.4 Å². The third-order valence-electron chi connectivity index (χ3n) is 1.86. The first-order valence-corrected chi connectivity index (χ1v) is 5.54. The van der Waals surface area contributed by atoms with Gasteiger partial charge in [-0.15, -0.1) is 11.3 Å². The molecule has 4 nitrogen and oxygen atoms in total. The molecule has 1 aromatic rings.